The predicted octanol–water partition coefficient (Wildman–Crippen LogP) is 4.41. The third-order valence-corrected chi connectivity index (χ3v) is 6.10. The molecule has 22 heavy (non-hydrogen) atoms. The Labute approximate surface area is 142 Å². The summed E-state index contributed by atoms with van der Waals surface area (Å²) in [5, 5.41) is 0. The number of hydrogen-bond acceptors (Lipinski definition) is 3. The van der Waals surface area contributed by atoms with Crippen LogP contribution in [-0.2, 0) is 19.4 Å². The smallest absolute Gasteiger partial charge is 0.194 e. The van der Waals surface area contributed by atoms with Crippen LogP contribution >= 0.6 is 27.3 Å². The Morgan fingerprint density at radius 1 is 1.36 bits per heavy atom. The lowest BCUT2D eigenvalue weighted by molar-refractivity contribution is 0.498. The van der Waals surface area contributed by atoms with Crippen molar-refractivity contribution in [3.63, 3.8) is 0 Å². The summed E-state index contributed by atoms with van der Waals surface area (Å²) in [6.45, 7) is 2.85. The fourth-order valence-corrected chi connectivity index (χ4v) is 4.92. The first-order valence-electron chi connectivity index (χ1n) is 7.65. The molecule has 0 bridgehead atoms. The Morgan fingerprint density at radius 2 is 2.14 bits per heavy atom. The lowest BCUT2D eigenvalue weighted by Crippen LogP contribution is -2.13. The molecule has 0 saturated heterocycles. The molecule has 5 heteroatoms. The van der Waals surface area contributed by atoms with Gasteiger partial charge in [-0.2, -0.15) is 0 Å². The first-order chi connectivity index (χ1) is 10.7. The molecule has 114 valence electrons. The van der Waals surface area contributed by atoms with Crippen LogP contribution in [0.25, 0.3) is 16.2 Å². The number of benzene rings is 1. The molecule has 3 nitrogen and oxygen atoms in total. The average molecular weight is 376 g/mol. The molecule has 2 aromatic heterocycles. The quantitative estimate of drug-likeness (QED) is 0.720. The van der Waals surface area contributed by atoms with Crippen molar-refractivity contribution in [3.8, 4) is 11.3 Å². The number of rotatable bonds is 2. The number of fused-ring (bicyclic) bond motifs is 3. The maximum atomic E-state index is 6.08. The second-order valence-electron chi connectivity index (χ2n) is 6.06. The molecule has 1 atom stereocenters. The van der Waals surface area contributed by atoms with E-state index in [-0.39, 0.29) is 0 Å². The molecule has 2 heterocycles. The van der Waals surface area contributed by atoms with Crippen molar-refractivity contribution in [1.82, 2.24) is 9.38 Å². The largest absolute Gasteiger partial charge is 0.325 e. The van der Waals surface area contributed by atoms with Gasteiger partial charge in [-0.1, -0.05) is 35.0 Å². The second-order valence-corrected chi connectivity index (χ2v) is 8.03. The van der Waals surface area contributed by atoms with Crippen LogP contribution in [0.5, 0.6) is 0 Å². The Hall–Kier alpha value is -1.17. The van der Waals surface area contributed by atoms with Crippen molar-refractivity contribution in [1.29, 1.82) is 0 Å². The van der Waals surface area contributed by atoms with E-state index in [9.17, 15) is 0 Å². The number of thiazole rings is 1. The van der Waals surface area contributed by atoms with Gasteiger partial charge in [0.1, 0.15) is 0 Å². The van der Waals surface area contributed by atoms with E-state index in [0.717, 1.165) is 38.7 Å². The molecule has 1 aliphatic carbocycles. The summed E-state index contributed by atoms with van der Waals surface area (Å²) in [5.74, 6) is 0.781. The molecule has 0 amide bonds. The van der Waals surface area contributed by atoms with Crippen molar-refractivity contribution in [3.05, 3.63) is 45.0 Å². The number of nitrogens with zero attached hydrogens (tertiary/aromatic N) is 2. The fourth-order valence-electron chi connectivity index (χ4n) is 3.31. The molecule has 0 aliphatic heterocycles. The summed E-state index contributed by atoms with van der Waals surface area (Å²) in [7, 11) is 0. The second kappa shape index (κ2) is 5.48. The summed E-state index contributed by atoms with van der Waals surface area (Å²) >= 11 is 5.33. The highest BCUT2D eigenvalue weighted by Gasteiger charge is 2.24. The summed E-state index contributed by atoms with van der Waals surface area (Å²) < 4.78 is 3.40. The van der Waals surface area contributed by atoms with Crippen LogP contribution in [0, 0.1) is 5.92 Å². The van der Waals surface area contributed by atoms with Gasteiger partial charge >= 0.3 is 0 Å². The number of halogens is 1. The summed E-state index contributed by atoms with van der Waals surface area (Å²) in [4.78, 5) is 7.49. The topological polar surface area (TPSA) is 43.3 Å². The van der Waals surface area contributed by atoms with Gasteiger partial charge in [-0.3, -0.25) is 4.40 Å². The Kier molecular flexibility index (Phi) is 3.59. The van der Waals surface area contributed by atoms with Gasteiger partial charge in [-0.25, -0.2) is 4.98 Å². The minimum absolute atomic E-state index is 0.519. The predicted molar refractivity (Wildman–Crippen MR) is 95.3 cm³/mol. The van der Waals surface area contributed by atoms with Crippen molar-refractivity contribution >= 4 is 32.2 Å². The van der Waals surface area contributed by atoms with Crippen molar-refractivity contribution < 1.29 is 0 Å². The zero-order chi connectivity index (χ0) is 15.3. The van der Waals surface area contributed by atoms with Gasteiger partial charge in [0, 0.05) is 27.2 Å². The summed E-state index contributed by atoms with van der Waals surface area (Å²) in [6.07, 6.45) is 3.58. The van der Waals surface area contributed by atoms with Crippen LogP contribution in [0.3, 0.4) is 0 Å². The molecule has 2 N–H and O–H groups in total. The molecule has 0 saturated carbocycles. The van der Waals surface area contributed by atoms with E-state index in [1.807, 2.05) is 11.3 Å². The molecule has 0 fully saturated rings. The van der Waals surface area contributed by atoms with Crippen molar-refractivity contribution in [2.75, 3.05) is 0 Å². The highest BCUT2D eigenvalue weighted by atomic mass is 79.9. The fraction of sp³-hybridized carbons (Fsp3) is 0.353. The van der Waals surface area contributed by atoms with E-state index < -0.39 is 0 Å². The first kappa shape index (κ1) is 14.4. The normalized spacial score (nSPS) is 17.9. The van der Waals surface area contributed by atoms with Crippen LogP contribution in [-0.4, -0.2) is 9.38 Å². The maximum Gasteiger partial charge on any atom is 0.194 e. The SMILES string of the molecule is CC1CCc2c(sc3nc(-c4ccc(Br)cc4)c(CN)n23)C1. The van der Waals surface area contributed by atoms with Crippen LogP contribution in [0.1, 0.15) is 29.6 Å². The van der Waals surface area contributed by atoms with Crippen LogP contribution in [0.2, 0.25) is 0 Å². The van der Waals surface area contributed by atoms with Crippen molar-refractivity contribution in [2.45, 2.75) is 32.7 Å². The van der Waals surface area contributed by atoms with Crippen LogP contribution in [0.4, 0.5) is 0 Å². The van der Waals surface area contributed by atoms with Gasteiger partial charge in [0.2, 0.25) is 0 Å². The standard InChI is InChI=1S/C17H18BrN3S/c1-10-2-7-13-15(8-10)22-17-20-16(14(9-19)21(13)17)11-3-5-12(18)6-4-11/h3-6,10H,2,7-9,19H2,1H3. The average Bonchev–Trinajstić information content (AvgIpc) is 3.02. The Balaban J connectivity index is 1.91. The lowest BCUT2D eigenvalue weighted by Gasteiger charge is -2.18. The van der Waals surface area contributed by atoms with Gasteiger partial charge < -0.3 is 5.73 Å². The van der Waals surface area contributed by atoms with Gasteiger partial charge in [-0.05, 0) is 37.3 Å². The number of hydrogen-bond donors (Lipinski definition) is 1. The zero-order valence-electron chi connectivity index (χ0n) is 12.5. The third kappa shape index (κ3) is 2.23. The molecule has 0 spiro atoms. The minimum atomic E-state index is 0.519. The zero-order valence-corrected chi connectivity index (χ0v) is 14.9. The number of aromatic nitrogens is 2. The van der Waals surface area contributed by atoms with E-state index >= 15 is 0 Å². The van der Waals surface area contributed by atoms with Gasteiger partial charge in [-0.15, -0.1) is 11.3 Å². The highest BCUT2D eigenvalue weighted by molar-refractivity contribution is 9.10. The third-order valence-electron chi connectivity index (χ3n) is 4.47. The van der Waals surface area contributed by atoms with E-state index in [4.69, 9.17) is 10.7 Å². The van der Waals surface area contributed by atoms with Crippen molar-refractivity contribution in [2.24, 2.45) is 11.7 Å². The summed E-state index contributed by atoms with van der Waals surface area (Å²) in [6, 6.07) is 8.31. The molecule has 1 aliphatic rings. The van der Waals surface area contributed by atoms with E-state index in [1.165, 1.54) is 23.4 Å². The van der Waals surface area contributed by atoms with Crippen LogP contribution in [0.15, 0.2) is 28.7 Å². The minimum Gasteiger partial charge on any atom is -0.325 e. The van der Waals surface area contributed by atoms with Gasteiger partial charge in [0.15, 0.2) is 4.96 Å². The molecule has 1 aromatic carbocycles. The van der Waals surface area contributed by atoms with E-state index in [0.29, 0.717) is 6.54 Å². The molecule has 0 radical (unpaired) electrons. The number of imidazole rings is 1. The van der Waals surface area contributed by atoms with Gasteiger partial charge in [0.05, 0.1) is 11.4 Å². The molecule has 4 rings (SSSR count). The maximum absolute atomic E-state index is 6.08. The van der Waals surface area contributed by atoms with E-state index in [2.05, 4.69) is 51.5 Å². The van der Waals surface area contributed by atoms with Crippen LogP contribution < -0.4 is 5.73 Å². The lowest BCUT2D eigenvalue weighted by atomic mass is 9.93. The molecule has 1 unspecified atom stereocenters. The van der Waals surface area contributed by atoms with Gasteiger partial charge in [0.25, 0.3) is 0 Å². The Morgan fingerprint density at radius 3 is 2.86 bits per heavy atom. The van der Waals surface area contributed by atoms with E-state index in [1.54, 1.807) is 0 Å². The number of nitrogens with two attached hydrogens (primary N) is 1. The highest BCUT2D eigenvalue weighted by Crippen LogP contribution is 2.36. The first-order valence-corrected chi connectivity index (χ1v) is 9.26. The molecular formula is C17H18BrN3S. The number of aryl methyl sites for hydroxylation is 1. The monoisotopic (exact) mass is 375 g/mol. The summed E-state index contributed by atoms with van der Waals surface area (Å²) in [5.41, 5.74) is 10.8. The molecular weight excluding hydrogens is 358 g/mol. The molecule has 3 aromatic rings. The Bertz CT molecular complexity index is 832.